The van der Waals surface area contributed by atoms with Crippen LogP contribution in [0, 0.1) is 0 Å². The van der Waals surface area contributed by atoms with Crippen molar-refractivity contribution in [1.82, 2.24) is 33.8 Å². The highest BCUT2D eigenvalue weighted by atomic mass is 28.5. The summed E-state index contributed by atoms with van der Waals surface area (Å²) in [4.78, 5) is 23.0. The van der Waals surface area contributed by atoms with Gasteiger partial charge in [0, 0.05) is 30.7 Å². The summed E-state index contributed by atoms with van der Waals surface area (Å²) in [7, 11) is 10.7. The molecule has 13 heteroatoms. The normalized spacial score (nSPS) is 14.0. The molecule has 0 fully saturated rings. The first-order valence-corrected chi connectivity index (χ1v) is 20.6. The molecule has 6 N–H and O–H groups in total. The second-order valence-electron chi connectivity index (χ2n) is 6.67. The van der Waals surface area contributed by atoms with Crippen LogP contribution in [0.3, 0.4) is 0 Å². The molecular weight excluding hydrogens is 411 g/mol. The summed E-state index contributed by atoms with van der Waals surface area (Å²) in [6, 6.07) is 7.73. The molecule has 0 aromatic carbocycles. The third-order valence-electron chi connectivity index (χ3n) is 5.46. The van der Waals surface area contributed by atoms with Gasteiger partial charge in [0.1, 0.15) is 0 Å². The molecule has 152 valence electrons. The summed E-state index contributed by atoms with van der Waals surface area (Å²) < 4.78 is 2.97. The van der Waals surface area contributed by atoms with Crippen LogP contribution in [0.15, 0.2) is 0 Å². The van der Waals surface area contributed by atoms with Crippen molar-refractivity contribution < 1.29 is 0 Å². The Morgan fingerprint density at radius 2 is 0.720 bits per heavy atom. The largest absolute Gasteiger partial charge is 0.317 e. The predicted octanol–water partition coefficient (Wildman–Crippen LogP) is -4.23. The molecule has 25 heavy (non-hydrogen) atoms. The maximum Gasteiger partial charge on any atom is 0.273 e. The van der Waals surface area contributed by atoms with Crippen molar-refractivity contribution in [3.05, 3.63) is 0 Å². The van der Waals surface area contributed by atoms with Gasteiger partial charge in [0.2, 0.25) is 0 Å². The monoisotopic (exact) mass is 455 g/mol. The second kappa shape index (κ2) is 12.5. The van der Waals surface area contributed by atoms with Crippen molar-refractivity contribution in [3.63, 3.8) is 0 Å². The van der Waals surface area contributed by atoms with Crippen LogP contribution in [0.1, 0.15) is 0 Å². The summed E-state index contributed by atoms with van der Waals surface area (Å²) in [5.74, 6) is 0. The minimum atomic E-state index is -2.03. The molecule has 0 heterocycles. The van der Waals surface area contributed by atoms with E-state index < -0.39 is 25.7 Å². The quantitative estimate of drug-likeness (QED) is 0.140. The molecule has 0 aliphatic carbocycles. The van der Waals surface area contributed by atoms with Gasteiger partial charge in [0.05, 0.1) is 0 Å². The zero-order chi connectivity index (χ0) is 19.6. The highest BCUT2D eigenvalue weighted by Gasteiger charge is 2.59. The third kappa shape index (κ3) is 5.52. The summed E-state index contributed by atoms with van der Waals surface area (Å²) in [5, 5.41) is 0. The molecule has 0 atom stereocenters. The zero-order valence-corrected chi connectivity index (χ0v) is 27.2. The lowest BCUT2D eigenvalue weighted by molar-refractivity contribution is 0.653. The minimum Gasteiger partial charge on any atom is -0.317 e. The average Bonchev–Trinajstić information content (AvgIpc) is 2.65. The molecule has 0 saturated heterocycles. The van der Waals surface area contributed by atoms with Gasteiger partial charge in [0.25, 0.3) is 25.7 Å². The molecule has 0 amide bonds. The minimum absolute atomic E-state index is 1.25. The Bertz CT molecular complexity index is 301. The van der Waals surface area contributed by atoms with Gasteiger partial charge in [-0.15, -0.1) is 0 Å². The van der Waals surface area contributed by atoms with E-state index in [4.69, 9.17) is 0 Å². The summed E-state index contributed by atoms with van der Waals surface area (Å²) in [6.07, 6.45) is 0. The fourth-order valence-electron chi connectivity index (χ4n) is 4.19. The molecular formula is C12H45N7Si6. The topological polar surface area (TPSA) is 75.4 Å². The number of nitrogens with one attached hydrogen (secondary N) is 6. The van der Waals surface area contributed by atoms with Gasteiger partial charge in [-0.05, 0) is 60.4 Å². The van der Waals surface area contributed by atoms with Crippen LogP contribution in [0.25, 0.3) is 0 Å². The van der Waals surface area contributed by atoms with E-state index in [0.717, 1.165) is 0 Å². The van der Waals surface area contributed by atoms with Gasteiger partial charge in [-0.25, -0.2) is 0 Å². The molecule has 0 bridgehead atoms. The van der Waals surface area contributed by atoms with Crippen molar-refractivity contribution in [2.75, 3.05) is 42.3 Å². The Morgan fingerprint density at radius 1 is 0.520 bits per heavy atom. The van der Waals surface area contributed by atoms with E-state index >= 15 is 0 Å². The Labute approximate surface area is 168 Å². The molecule has 7 nitrogen and oxygen atoms in total. The first kappa shape index (κ1) is 26.0. The van der Waals surface area contributed by atoms with Crippen LogP contribution in [0.5, 0.6) is 0 Å². The molecule has 0 aliphatic heterocycles. The number of hydrogen-bond acceptors (Lipinski definition) is 7. The SMILES string of the molecule is CN[Si](CC[SiH3])(NC)N([Si](CC[SiH3])(NC)NC)[Si](CC[SiH3])(NC)NC. The van der Waals surface area contributed by atoms with Gasteiger partial charge in [-0.3, -0.25) is 3.90 Å². The maximum absolute atomic E-state index is 3.84. The number of rotatable bonds is 15. The summed E-state index contributed by atoms with van der Waals surface area (Å²) >= 11 is 0. The second-order valence-corrected chi connectivity index (χ2v) is 22.0. The standard InChI is InChI=1S/C12H45N7Si6/c1-13-23(14-2,10-7-20)19(24(15-3,16-4)11-8-21)25(17-5,18-6)12-9-22/h13-18H,7-12H2,1-6,20-22H3. The first-order valence-electron chi connectivity index (χ1n) is 9.85. The fourth-order valence-corrected chi connectivity index (χ4v) is 31.0. The van der Waals surface area contributed by atoms with Crippen LogP contribution >= 0.6 is 0 Å². The molecule has 0 rings (SSSR count). The molecule has 0 radical (unpaired) electrons. The van der Waals surface area contributed by atoms with Gasteiger partial charge in [-0.1, -0.05) is 18.1 Å². The van der Waals surface area contributed by atoms with Gasteiger partial charge in [0.15, 0.2) is 0 Å². The van der Waals surface area contributed by atoms with E-state index in [1.54, 1.807) is 0 Å². The maximum atomic E-state index is 3.84. The highest BCUT2D eigenvalue weighted by Crippen LogP contribution is 2.27. The lowest BCUT2D eigenvalue weighted by atomic mass is 10.9. The Kier molecular flexibility index (Phi) is 13.0. The Hall–Kier alpha value is 1.02. The molecule has 0 aromatic rings. The average molecular weight is 456 g/mol. The zero-order valence-electron chi connectivity index (χ0n) is 18.2. The number of nitrogens with zero attached hydrogens (tertiary/aromatic N) is 1. The number of hydrogen-bond donors (Lipinski definition) is 6. The van der Waals surface area contributed by atoms with Crippen molar-refractivity contribution >= 4 is 56.4 Å². The Balaban J connectivity index is 6.63. The van der Waals surface area contributed by atoms with E-state index in [1.165, 1.54) is 67.0 Å². The molecule has 0 saturated carbocycles. The van der Waals surface area contributed by atoms with E-state index in [-0.39, 0.29) is 0 Å². The van der Waals surface area contributed by atoms with Gasteiger partial charge >= 0.3 is 0 Å². The first-order chi connectivity index (χ1) is 11.9. The highest BCUT2D eigenvalue weighted by molar-refractivity contribution is 7.02. The van der Waals surface area contributed by atoms with E-state index in [9.17, 15) is 0 Å². The van der Waals surface area contributed by atoms with E-state index in [0.29, 0.717) is 0 Å². The Morgan fingerprint density at radius 3 is 0.840 bits per heavy atom. The van der Waals surface area contributed by atoms with Crippen molar-refractivity contribution in [3.8, 4) is 0 Å². The summed E-state index contributed by atoms with van der Waals surface area (Å²) in [5.41, 5.74) is 0. The van der Waals surface area contributed by atoms with E-state index in [2.05, 4.69) is 76.1 Å². The molecule has 0 aromatic heterocycles. The van der Waals surface area contributed by atoms with Crippen molar-refractivity contribution in [1.29, 1.82) is 0 Å². The van der Waals surface area contributed by atoms with Crippen molar-refractivity contribution in [2.45, 2.75) is 36.3 Å². The van der Waals surface area contributed by atoms with Crippen LogP contribution < -0.4 is 29.9 Å². The lowest BCUT2D eigenvalue weighted by Crippen LogP contribution is -2.95. The molecule has 0 spiro atoms. The van der Waals surface area contributed by atoms with Gasteiger partial charge < -0.3 is 29.9 Å². The molecule has 0 unspecified atom stereocenters. The summed E-state index contributed by atoms with van der Waals surface area (Å²) in [6.45, 7) is 0. The third-order valence-corrected chi connectivity index (χ3v) is 27.8. The molecule has 0 aliphatic rings. The van der Waals surface area contributed by atoms with Gasteiger partial charge in [-0.2, -0.15) is 0 Å². The van der Waals surface area contributed by atoms with Crippen LogP contribution in [0.4, 0.5) is 0 Å². The lowest BCUT2D eigenvalue weighted by Gasteiger charge is -2.58. The van der Waals surface area contributed by atoms with Crippen LogP contribution in [0.2, 0.25) is 36.3 Å². The van der Waals surface area contributed by atoms with E-state index in [1.807, 2.05) is 0 Å². The van der Waals surface area contributed by atoms with Crippen molar-refractivity contribution in [2.24, 2.45) is 0 Å². The van der Waals surface area contributed by atoms with Crippen LogP contribution in [-0.2, 0) is 0 Å². The predicted molar refractivity (Wildman–Crippen MR) is 132 cm³/mol. The van der Waals surface area contributed by atoms with Crippen LogP contribution in [-0.4, -0.2) is 103 Å². The smallest absolute Gasteiger partial charge is 0.273 e. The fraction of sp³-hybridized carbons (Fsp3) is 1.00.